The molecule has 1 atom stereocenters. The molecule has 0 saturated heterocycles. The zero-order valence-electron chi connectivity index (χ0n) is 3.66. The van der Waals surface area contributed by atoms with Crippen LogP contribution in [-0.4, -0.2) is 10.1 Å². The zero-order valence-corrected chi connectivity index (χ0v) is 5.98. The quantitative estimate of drug-likeness (QED) is 0.511. The van der Waals surface area contributed by atoms with Crippen LogP contribution >= 0.6 is 35.8 Å². The second-order valence-electron chi connectivity index (χ2n) is 1.83. The Morgan fingerprint density at radius 1 is 1.71 bits per heavy atom. The number of rotatable bonds is 1. The largest absolute Gasteiger partial charge is 0.122 e. The highest BCUT2D eigenvalue weighted by atomic mass is 35.5. The third-order valence-electron chi connectivity index (χ3n) is 1.16. The third-order valence-corrected chi connectivity index (χ3v) is 2.49. The predicted molar refractivity (Wildman–Crippen MR) is 35.0 cm³/mol. The third kappa shape index (κ3) is 1.18. The van der Waals surface area contributed by atoms with E-state index < -0.39 is 4.33 Å². The lowest BCUT2D eigenvalue weighted by Gasteiger charge is -1.89. The summed E-state index contributed by atoms with van der Waals surface area (Å²) in [4.78, 5) is 0. The van der Waals surface area contributed by atoms with Crippen molar-refractivity contribution in [2.24, 2.45) is 5.92 Å². The van der Waals surface area contributed by atoms with E-state index in [4.69, 9.17) is 35.8 Å². The lowest BCUT2D eigenvalue weighted by atomic mass is 10.5. The Kier molecular flexibility index (Phi) is 1.48. The fourth-order valence-electron chi connectivity index (χ4n) is 0.450. The molecule has 0 aromatic rings. The van der Waals surface area contributed by atoms with Gasteiger partial charge in [0.1, 0.15) is 4.33 Å². The van der Waals surface area contributed by atoms with E-state index in [1.54, 1.807) is 0 Å². The minimum absolute atomic E-state index is 0.394. The first-order valence-corrected chi connectivity index (χ1v) is 3.46. The molecule has 7 heavy (non-hydrogen) atoms. The number of alkyl halides is 2. The van der Waals surface area contributed by atoms with E-state index >= 15 is 0 Å². The highest BCUT2D eigenvalue weighted by Crippen LogP contribution is 2.53. The van der Waals surface area contributed by atoms with Crippen molar-refractivity contribution in [3.05, 3.63) is 0 Å². The Hall–Kier alpha value is 0.930. The van der Waals surface area contributed by atoms with Crippen molar-refractivity contribution >= 4 is 35.8 Å². The van der Waals surface area contributed by atoms with Crippen LogP contribution in [0.25, 0.3) is 0 Å². The van der Waals surface area contributed by atoms with Crippen molar-refractivity contribution in [1.82, 2.24) is 0 Å². The second-order valence-corrected chi connectivity index (χ2v) is 3.70. The standard InChI is InChI=1S/C4H5Cl2S/c5-4(6)1-3(4)2-7/h3H,1-2H2. The molecule has 0 bridgehead atoms. The van der Waals surface area contributed by atoms with E-state index in [9.17, 15) is 0 Å². The highest BCUT2D eigenvalue weighted by molar-refractivity contribution is 7.80. The van der Waals surface area contributed by atoms with E-state index in [0.29, 0.717) is 11.7 Å². The van der Waals surface area contributed by atoms with Crippen molar-refractivity contribution < 1.29 is 0 Å². The van der Waals surface area contributed by atoms with Crippen molar-refractivity contribution in [1.29, 1.82) is 0 Å². The lowest BCUT2D eigenvalue weighted by molar-refractivity contribution is 0.985. The molecule has 0 N–H and O–H groups in total. The molecule has 0 amide bonds. The van der Waals surface area contributed by atoms with Crippen molar-refractivity contribution in [3.63, 3.8) is 0 Å². The van der Waals surface area contributed by atoms with Gasteiger partial charge in [-0.15, -0.1) is 23.2 Å². The molecule has 1 aliphatic carbocycles. The maximum Gasteiger partial charge on any atom is 0.122 e. The molecule has 1 radical (unpaired) electrons. The topological polar surface area (TPSA) is 0 Å². The van der Waals surface area contributed by atoms with Gasteiger partial charge in [-0.3, -0.25) is 0 Å². The summed E-state index contributed by atoms with van der Waals surface area (Å²) in [5.41, 5.74) is 0. The first-order chi connectivity index (χ1) is 3.17. The fraction of sp³-hybridized carbons (Fsp3) is 1.00. The Bertz CT molecular complexity index is 81.8. The van der Waals surface area contributed by atoms with E-state index in [1.807, 2.05) is 0 Å². The van der Waals surface area contributed by atoms with Crippen molar-refractivity contribution in [3.8, 4) is 0 Å². The second kappa shape index (κ2) is 1.71. The minimum Gasteiger partial charge on any atom is -0.101 e. The van der Waals surface area contributed by atoms with Gasteiger partial charge in [0.15, 0.2) is 0 Å². The first kappa shape index (κ1) is 6.06. The zero-order chi connectivity index (χ0) is 5.49. The summed E-state index contributed by atoms with van der Waals surface area (Å²) >= 11 is 15.9. The van der Waals surface area contributed by atoms with Crippen LogP contribution in [0.4, 0.5) is 0 Å². The van der Waals surface area contributed by atoms with Crippen LogP contribution in [-0.2, 0) is 0 Å². The fourth-order valence-corrected chi connectivity index (χ4v) is 1.56. The molecule has 0 spiro atoms. The van der Waals surface area contributed by atoms with Crippen LogP contribution in [0.15, 0.2) is 0 Å². The average molecular weight is 156 g/mol. The van der Waals surface area contributed by atoms with Crippen LogP contribution in [0.5, 0.6) is 0 Å². The highest BCUT2D eigenvalue weighted by Gasteiger charge is 2.50. The van der Waals surface area contributed by atoms with Gasteiger partial charge < -0.3 is 0 Å². The van der Waals surface area contributed by atoms with Gasteiger partial charge >= 0.3 is 0 Å². The SMILES string of the molecule is [S]CC1CC1(Cl)Cl. The molecule has 1 aliphatic rings. The van der Waals surface area contributed by atoms with E-state index in [-0.39, 0.29) is 0 Å². The van der Waals surface area contributed by atoms with E-state index in [1.165, 1.54) is 0 Å². The van der Waals surface area contributed by atoms with Crippen LogP contribution in [0, 0.1) is 5.92 Å². The molecular weight excluding hydrogens is 151 g/mol. The van der Waals surface area contributed by atoms with Gasteiger partial charge in [-0.1, -0.05) is 12.6 Å². The van der Waals surface area contributed by atoms with Crippen molar-refractivity contribution in [2.75, 3.05) is 5.75 Å². The molecule has 0 aromatic carbocycles. The molecule has 1 rings (SSSR count). The number of hydrogen-bond donors (Lipinski definition) is 0. The summed E-state index contributed by atoms with van der Waals surface area (Å²) in [5, 5.41) is 0. The van der Waals surface area contributed by atoms with Crippen molar-refractivity contribution in [2.45, 2.75) is 10.8 Å². The molecule has 0 nitrogen and oxygen atoms in total. The van der Waals surface area contributed by atoms with Gasteiger partial charge in [0.05, 0.1) is 0 Å². The maximum atomic E-state index is 5.61. The minimum atomic E-state index is -0.443. The molecular formula is C4H5Cl2S. The Morgan fingerprint density at radius 2 is 2.14 bits per heavy atom. The molecule has 1 unspecified atom stereocenters. The molecule has 0 heterocycles. The molecule has 0 aliphatic heterocycles. The summed E-state index contributed by atoms with van der Waals surface area (Å²) in [6.07, 6.45) is 0.889. The molecule has 0 aromatic heterocycles. The molecule has 41 valence electrons. The normalized spacial score (nSPS) is 35.6. The maximum absolute atomic E-state index is 5.61. The van der Waals surface area contributed by atoms with Gasteiger partial charge in [-0.05, 0) is 6.42 Å². The van der Waals surface area contributed by atoms with E-state index in [2.05, 4.69) is 0 Å². The van der Waals surface area contributed by atoms with Crippen LogP contribution < -0.4 is 0 Å². The average Bonchev–Trinajstić information content (AvgIpc) is 2.13. The molecule has 3 heteroatoms. The summed E-state index contributed by atoms with van der Waals surface area (Å²) in [5.74, 6) is 1.10. The number of halogens is 2. The number of hydrogen-bond acceptors (Lipinski definition) is 0. The Labute approximate surface area is 58.6 Å². The smallest absolute Gasteiger partial charge is 0.101 e. The van der Waals surface area contributed by atoms with E-state index in [0.717, 1.165) is 6.42 Å². The predicted octanol–water partition coefficient (Wildman–Crippen LogP) is 2.38. The summed E-state index contributed by atoms with van der Waals surface area (Å²) in [6, 6.07) is 0. The van der Waals surface area contributed by atoms with Crippen LogP contribution in [0.2, 0.25) is 0 Å². The Balaban J connectivity index is 2.30. The van der Waals surface area contributed by atoms with Crippen LogP contribution in [0.3, 0.4) is 0 Å². The molecule has 1 fully saturated rings. The van der Waals surface area contributed by atoms with Gasteiger partial charge in [0, 0.05) is 11.7 Å². The first-order valence-electron chi connectivity index (χ1n) is 2.13. The monoisotopic (exact) mass is 155 g/mol. The summed E-state index contributed by atoms with van der Waals surface area (Å²) in [6.45, 7) is 0. The van der Waals surface area contributed by atoms with Gasteiger partial charge in [-0.25, -0.2) is 0 Å². The Morgan fingerprint density at radius 3 is 2.14 bits per heavy atom. The van der Waals surface area contributed by atoms with Gasteiger partial charge in [0.25, 0.3) is 0 Å². The summed E-state index contributed by atoms with van der Waals surface area (Å²) in [7, 11) is 0. The lowest BCUT2D eigenvalue weighted by Crippen LogP contribution is -1.89. The van der Waals surface area contributed by atoms with Gasteiger partial charge in [0.2, 0.25) is 0 Å². The van der Waals surface area contributed by atoms with Gasteiger partial charge in [-0.2, -0.15) is 0 Å². The molecule has 1 saturated carbocycles. The van der Waals surface area contributed by atoms with Crippen LogP contribution in [0.1, 0.15) is 6.42 Å². The summed E-state index contributed by atoms with van der Waals surface area (Å²) < 4.78 is -0.443.